The van der Waals surface area contributed by atoms with Gasteiger partial charge in [-0.2, -0.15) is 0 Å². The van der Waals surface area contributed by atoms with Crippen LogP contribution in [0.3, 0.4) is 0 Å². The summed E-state index contributed by atoms with van der Waals surface area (Å²) in [6.45, 7) is 0.890. The molecule has 0 radical (unpaired) electrons. The van der Waals surface area contributed by atoms with Crippen molar-refractivity contribution in [1.82, 2.24) is 24.5 Å². The number of imidazole rings is 1. The summed E-state index contributed by atoms with van der Waals surface area (Å²) >= 11 is 0. The lowest BCUT2D eigenvalue weighted by Gasteiger charge is -2.16. The number of amides is 1. The maximum Gasteiger partial charge on any atom is 0.277 e. The van der Waals surface area contributed by atoms with E-state index in [1.807, 2.05) is 30.3 Å². The van der Waals surface area contributed by atoms with Crippen molar-refractivity contribution >= 4 is 11.7 Å². The van der Waals surface area contributed by atoms with Crippen LogP contribution in [0.25, 0.3) is 5.69 Å². The first-order valence-electron chi connectivity index (χ1n) is 7.65. The summed E-state index contributed by atoms with van der Waals surface area (Å²) in [5.74, 6) is 1.51. The molecule has 1 aliphatic heterocycles. The summed E-state index contributed by atoms with van der Waals surface area (Å²) in [4.78, 5) is 17.0. The summed E-state index contributed by atoms with van der Waals surface area (Å²) in [7, 11) is 0. The van der Waals surface area contributed by atoms with Crippen LogP contribution < -0.4 is 5.32 Å². The minimum absolute atomic E-state index is 0.243. The summed E-state index contributed by atoms with van der Waals surface area (Å²) in [5.41, 5.74) is 1.19. The standard InChI is InChI=1S/C16H16N6O/c23-16(19-15-11-17-14-8-4-5-9-21(14)15)13-10-18-20-22(13)12-6-2-1-3-7-12/h1-3,6-7,10-11H,4-5,8-9H2,(H,19,23). The van der Waals surface area contributed by atoms with Crippen LogP contribution >= 0.6 is 0 Å². The van der Waals surface area contributed by atoms with Crippen molar-refractivity contribution < 1.29 is 4.79 Å². The third-order valence-electron chi connectivity index (χ3n) is 3.99. The van der Waals surface area contributed by atoms with Gasteiger partial charge in [0.15, 0.2) is 5.69 Å². The maximum atomic E-state index is 12.6. The number of anilines is 1. The molecule has 0 aliphatic carbocycles. The van der Waals surface area contributed by atoms with E-state index < -0.39 is 0 Å². The van der Waals surface area contributed by atoms with Crippen molar-refractivity contribution in [3.63, 3.8) is 0 Å². The Morgan fingerprint density at radius 1 is 1.13 bits per heavy atom. The number of carbonyl (C=O) groups excluding carboxylic acids is 1. The average molecular weight is 308 g/mol. The van der Waals surface area contributed by atoms with Crippen molar-refractivity contribution in [2.45, 2.75) is 25.8 Å². The van der Waals surface area contributed by atoms with E-state index >= 15 is 0 Å². The molecule has 3 aromatic rings. The summed E-state index contributed by atoms with van der Waals surface area (Å²) < 4.78 is 3.60. The second-order valence-electron chi connectivity index (χ2n) is 5.49. The quantitative estimate of drug-likeness (QED) is 0.803. The third kappa shape index (κ3) is 2.50. The Balaban J connectivity index is 1.61. The Labute approximate surface area is 133 Å². The predicted octanol–water partition coefficient (Wildman–Crippen LogP) is 2.05. The predicted molar refractivity (Wildman–Crippen MR) is 84.5 cm³/mol. The van der Waals surface area contributed by atoms with E-state index in [9.17, 15) is 4.79 Å². The molecule has 1 amide bonds. The van der Waals surface area contributed by atoms with Gasteiger partial charge in [0.05, 0.1) is 18.1 Å². The first-order chi connectivity index (χ1) is 11.3. The Hall–Kier alpha value is -2.96. The molecular weight excluding hydrogens is 292 g/mol. The molecule has 0 saturated heterocycles. The van der Waals surface area contributed by atoms with Gasteiger partial charge in [-0.15, -0.1) is 5.10 Å². The first kappa shape index (κ1) is 13.7. The zero-order valence-electron chi connectivity index (χ0n) is 12.5. The van der Waals surface area contributed by atoms with E-state index in [1.54, 1.807) is 6.20 Å². The second-order valence-corrected chi connectivity index (χ2v) is 5.49. The minimum Gasteiger partial charge on any atom is -0.315 e. The fourth-order valence-electron chi connectivity index (χ4n) is 2.85. The number of hydrogen-bond acceptors (Lipinski definition) is 4. The van der Waals surface area contributed by atoms with Gasteiger partial charge in [-0.3, -0.25) is 4.79 Å². The molecule has 0 unspecified atom stereocenters. The molecule has 1 N–H and O–H groups in total. The fourth-order valence-corrected chi connectivity index (χ4v) is 2.85. The number of aromatic nitrogens is 5. The highest BCUT2D eigenvalue weighted by Gasteiger charge is 2.19. The first-order valence-corrected chi connectivity index (χ1v) is 7.65. The van der Waals surface area contributed by atoms with Gasteiger partial charge in [0, 0.05) is 13.0 Å². The van der Waals surface area contributed by atoms with E-state index in [-0.39, 0.29) is 5.91 Å². The van der Waals surface area contributed by atoms with Gasteiger partial charge in [0.25, 0.3) is 5.91 Å². The number of benzene rings is 1. The number of aryl methyl sites for hydroxylation is 1. The number of rotatable bonds is 3. The maximum absolute atomic E-state index is 12.6. The zero-order chi connectivity index (χ0) is 15.6. The van der Waals surface area contributed by atoms with Gasteiger partial charge in [0.1, 0.15) is 11.6 Å². The number of hydrogen-bond donors (Lipinski definition) is 1. The number of carbonyl (C=O) groups is 1. The van der Waals surface area contributed by atoms with Crippen LogP contribution in [0.4, 0.5) is 5.82 Å². The molecule has 2 aromatic heterocycles. The SMILES string of the molecule is O=C(Nc1cnc2n1CCCC2)c1cnnn1-c1ccccc1. The van der Waals surface area contributed by atoms with E-state index in [0.717, 1.165) is 43.1 Å². The molecule has 116 valence electrons. The zero-order valence-corrected chi connectivity index (χ0v) is 12.5. The van der Waals surface area contributed by atoms with Crippen LogP contribution in [-0.4, -0.2) is 30.5 Å². The summed E-state index contributed by atoms with van der Waals surface area (Å²) in [6.07, 6.45) is 6.40. The van der Waals surface area contributed by atoms with Crippen LogP contribution in [0.15, 0.2) is 42.7 Å². The highest BCUT2D eigenvalue weighted by atomic mass is 16.2. The lowest BCUT2D eigenvalue weighted by molar-refractivity contribution is 0.101. The van der Waals surface area contributed by atoms with Crippen molar-refractivity contribution in [2.75, 3.05) is 5.32 Å². The van der Waals surface area contributed by atoms with E-state index in [2.05, 4.69) is 25.2 Å². The summed E-state index contributed by atoms with van der Waals surface area (Å²) in [6, 6.07) is 9.47. The van der Waals surface area contributed by atoms with Gasteiger partial charge >= 0.3 is 0 Å². The lowest BCUT2D eigenvalue weighted by atomic mass is 10.2. The second kappa shape index (κ2) is 5.68. The van der Waals surface area contributed by atoms with Crippen molar-refractivity contribution in [1.29, 1.82) is 0 Å². The molecule has 4 rings (SSSR count). The van der Waals surface area contributed by atoms with E-state index in [1.165, 1.54) is 10.9 Å². The summed E-state index contributed by atoms with van der Waals surface area (Å²) in [5, 5.41) is 10.8. The third-order valence-corrected chi connectivity index (χ3v) is 3.99. The number of fused-ring (bicyclic) bond motifs is 1. The number of para-hydroxylation sites is 1. The highest BCUT2D eigenvalue weighted by molar-refractivity contribution is 6.02. The van der Waals surface area contributed by atoms with E-state index in [0.29, 0.717) is 5.69 Å². The van der Waals surface area contributed by atoms with Crippen LogP contribution in [0.2, 0.25) is 0 Å². The molecule has 7 nitrogen and oxygen atoms in total. The molecule has 3 heterocycles. The molecule has 23 heavy (non-hydrogen) atoms. The van der Waals surface area contributed by atoms with Crippen molar-refractivity contribution in [3.05, 3.63) is 54.2 Å². The van der Waals surface area contributed by atoms with Gasteiger partial charge in [0.2, 0.25) is 0 Å². The van der Waals surface area contributed by atoms with Crippen LogP contribution in [0, 0.1) is 0 Å². The number of nitrogens with zero attached hydrogens (tertiary/aromatic N) is 5. The molecule has 7 heteroatoms. The fraction of sp³-hybridized carbons (Fsp3) is 0.250. The Morgan fingerprint density at radius 2 is 2.00 bits per heavy atom. The Bertz CT molecular complexity index is 835. The molecule has 0 atom stereocenters. The van der Waals surface area contributed by atoms with Gasteiger partial charge in [-0.1, -0.05) is 23.4 Å². The topological polar surface area (TPSA) is 77.6 Å². The van der Waals surface area contributed by atoms with E-state index in [4.69, 9.17) is 0 Å². The Kier molecular flexibility index (Phi) is 3.38. The average Bonchev–Trinajstić information content (AvgIpc) is 3.23. The van der Waals surface area contributed by atoms with Crippen LogP contribution in [0.1, 0.15) is 29.2 Å². The number of nitrogens with one attached hydrogen (secondary N) is 1. The minimum atomic E-state index is -0.243. The molecule has 0 bridgehead atoms. The molecule has 0 spiro atoms. The normalized spacial score (nSPS) is 13.6. The van der Waals surface area contributed by atoms with Crippen molar-refractivity contribution in [3.8, 4) is 5.69 Å². The molecule has 1 aromatic carbocycles. The molecule has 0 saturated carbocycles. The Morgan fingerprint density at radius 3 is 2.87 bits per heavy atom. The largest absolute Gasteiger partial charge is 0.315 e. The van der Waals surface area contributed by atoms with Crippen molar-refractivity contribution in [2.24, 2.45) is 0 Å². The monoisotopic (exact) mass is 308 g/mol. The van der Waals surface area contributed by atoms with Gasteiger partial charge in [-0.05, 0) is 25.0 Å². The molecule has 1 aliphatic rings. The van der Waals surface area contributed by atoms with Gasteiger partial charge in [-0.25, -0.2) is 9.67 Å². The van der Waals surface area contributed by atoms with Gasteiger partial charge < -0.3 is 9.88 Å². The highest BCUT2D eigenvalue weighted by Crippen LogP contribution is 2.20. The van der Waals surface area contributed by atoms with Crippen LogP contribution in [0.5, 0.6) is 0 Å². The van der Waals surface area contributed by atoms with Crippen LogP contribution in [-0.2, 0) is 13.0 Å². The lowest BCUT2D eigenvalue weighted by Crippen LogP contribution is -2.20. The molecular formula is C16H16N6O. The smallest absolute Gasteiger partial charge is 0.277 e. The molecule has 0 fully saturated rings.